The number of nitro groups is 1. The van der Waals surface area contributed by atoms with Gasteiger partial charge in [0.15, 0.2) is 11.6 Å². The maximum absolute atomic E-state index is 11.3. The number of benzene rings is 3. The minimum Gasteiger partial charge on any atom is -0.258 e. The van der Waals surface area contributed by atoms with Crippen molar-refractivity contribution in [1.82, 2.24) is 9.97 Å². The lowest BCUT2D eigenvalue weighted by Crippen LogP contribution is -2.12. The molecule has 0 saturated carbocycles. The second-order valence-corrected chi connectivity index (χ2v) is 7.81. The molecule has 1 heterocycles. The highest BCUT2D eigenvalue weighted by molar-refractivity contribution is 9.10. The molecule has 4 rings (SSSR count). The maximum Gasteiger partial charge on any atom is 0.278 e. The van der Waals surface area contributed by atoms with E-state index >= 15 is 0 Å². The first kappa shape index (κ1) is 21.3. The molecule has 1 aromatic heterocycles. The predicted molar refractivity (Wildman–Crippen MR) is 130 cm³/mol. The second kappa shape index (κ2) is 9.49. The van der Waals surface area contributed by atoms with Crippen molar-refractivity contribution in [2.75, 3.05) is 12.1 Å². The summed E-state index contributed by atoms with van der Waals surface area (Å²) in [6.45, 7) is 0. The zero-order valence-electron chi connectivity index (χ0n) is 17.1. The normalized spacial score (nSPS) is 10.9. The Morgan fingerprint density at radius 2 is 1.62 bits per heavy atom. The minimum atomic E-state index is -0.425. The summed E-state index contributed by atoms with van der Waals surface area (Å²) in [5.41, 5.74) is 2.97. The Kier molecular flexibility index (Phi) is 6.32. The first-order valence-electron chi connectivity index (χ1n) is 9.73. The summed E-state index contributed by atoms with van der Waals surface area (Å²) in [4.78, 5) is 20.3. The van der Waals surface area contributed by atoms with Crippen LogP contribution in [0.4, 0.5) is 11.5 Å². The fourth-order valence-corrected chi connectivity index (χ4v) is 3.32. The Labute approximate surface area is 193 Å². The zero-order valence-corrected chi connectivity index (χ0v) is 18.7. The van der Waals surface area contributed by atoms with Crippen LogP contribution in [0.25, 0.3) is 22.6 Å². The van der Waals surface area contributed by atoms with Crippen molar-refractivity contribution in [2.24, 2.45) is 5.10 Å². The van der Waals surface area contributed by atoms with Crippen LogP contribution in [-0.4, -0.2) is 28.2 Å². The van der Waals surface area contributed by atoms with E-state index in [1.807, 2.05) is 60.7 Å². The molecule has 0 bridgehead atoms. The lowest BCUT2D eigenvalue weighted by atomic mass is 10.1. The standard InChI is InChI=1S/C24H18BrN5O2/c1-29(26-16-19-9-5-6-10-22(19)30(31)32)23-15-21(17-7-3-2-4-8-17)27-24(28-23)18-11-13-20(25)14-12-18/h2-16H,1H3/b26-16-. The van der Waals surface area contributed by atoms with Gasteiger partial charge >= 0.3 is 0 Å². The summed E-state index contributed by atoms with van der Waals surface area (Å²) >= 11 is 3.45. The molecule has 7 nitrogen and oxygen atoms in total. The molecule has 4 aromatic rings. The van der Waals surface area contributed by atoms with E-state index in [-0.39, 0.29) is 5.69 Å². The van der Waals surface area contributed by atoms with Gasteiger partial charge in [0.2, 0.25) is 0 Å². The number of hydrazone groups is 1. The van der Waals surface area contributed by atoms with E-state index in [1.54, 1.807) is 30.3 Å². The number of anilines is 1. The highest BCUT2D eigenvalue weighted by Gasteiger charge is 2.13. The lowest BCUT2D eigenvalue weighted by Gasteiger charge is -2.15. The van der Waals surface area contributed by atoms with Crippen LogP contribution in [0.1, 0.15) is 5.56 Å². The molecule has 0 spiro atoms. The molecule has 8 heteroatoms. The molecule has 0 amide bonds. The van der Waals surface area contributed by atoms with Gasteiger partial charge in [0.05, 0.1) is 22.4 Å². The Bertz CT molecular complexity index is 1280. The first-order chi connectivity index (χ1) is 15.5. The Hall–Kier alpha value is -3.91. The van der Waals surface area contributed by atoms with Crippen molar-refractivity contribution in [3.05, 3.63) is 105 Å². The smallest absolute Gasteiger partial charge is 0.258 e. The van der Waals surface area contributed by atoms with E-state index < -0.39 is 4.92 Å². The third-order valence-electron chi connectivity index (χ3n) is 4.72. The number of nitro benzene ring substituents is 1. The van der Waals surface area contributed by atoms with Gasteiger partial charge in [-0.25, -0.2) is 9.97 Å². The second-order valence-electron chi connectivity index (χ2n) is 6.89. The molecule has 0 aliphatic carbocycles. The van der Waals surface area contributed by atoms with Gasteiger partial charge in [-0.3, -0.25) is 15.1 Å². The van der Waals surface area contributed by atoms with Crippen LogP contribution in [0.5, 0.6) is 0 Å². The summed E-state index contributed by atoms with van der Waals surface area (Å²) in [6.07, 6.45) is 1.46. The average molecular weight is 488 g/mol. The van der Waals surface area contributed by atoms with Crippen LogP contribution < -0.4 is 5.01 Å². The molecule has 0 unspecified atom stereocenters. The molecule has 0 N–H and O–H groups in total. The Balaban J connectivity index is 1.75. The van der Waals surface area contributed by atoms with E-state index in [9.17, 15) is 10.1 Å². The van der Waals surface area contributed by atoms with Gasteiger partial charge in [-0.15, -0.1) is 0 Å². The van der Waals surface area contributed by atoms with Crippen LogP contribution in [0.3, 0.4) is 0 Å². The van der Waals surface area contributed by atoms with Crippen molar-refractivity contribution in [2.45, 2.75) is 0 Å². The minimum absolute atomic E-state index is 0.00661. The summed E-state index contributed by atoms with van der Waals surface area (Å²) in [7, 11) is 1.74. The largest absolute Gasteiger partial charge is 0.278 e. The van der Waals surface area contributed by atoms with E-state index in [1.165, 1.54) is 12.3 Å². The van der Waals surface area contributed by atoms with Gasteiger partial charge in [0, 0.05) is 34.8 Å². The van der Waals surface area contributed by atoms with Gasteiger partial charge in [0.25, 0.3) is 5.69 Å². The molecule has 0 saturated heterocycles. The number of hydrogen-bond acceptors (Lipinski definition) is 6. The van der Waals surface area contributed by atoms with Gasteiger partial charge in [-0.2, -0.15) is 5.10 Å². The van der Waals surface area contributed by atoms with Gasteiger partial charge in [-0.05, 0) is 18.2 Å². The fourth-order valence-electron chi connectivity index (χ4n) is 3.06. The summed E-state index contributed by atoms with van der Waals surface area (Å²) in [6, 6.07) is 25.9. The molecular formula is C24H18BrN5O2. The fraction of sp³-hybridized carbons (Fsp3) is 0.0417. The average Bonchev–Trinajstić information content (AvgIpc) is 2.83. The number of hydrogen-bond donors (Lipinski definition) is 0. The van der Waals surface area contributed by atoms with Crippen molar-refractivity contribution in [1.29, 1.82) is 0 Å². The molecule has 0 radical (unpaired) electrons. The highest BCUT2D eigenvalue weighted by Crippen LogP contribution is 2.27. The van der Waals surface area contributed by atoms with Crippen LogP contribution in [0.2, 0.25) is 0 Å². The maximum atomic E-state index is 11.3. The number of aromatic nitrogens is 2. The van der Waals surface area contributed by atoms with E-state index in [2.05, 4.69) is 26.0 Å². The Morgan fingerprint density at radius 3 is 2.34 bits per heavy atom. The lowest BCUT2D eigenvalue weighted by molar-refractivity contribution is -0.385. The number of halogens is 1. The molecule has 3 aromatic carbocycles. The zero-order chi connectivity index (χ0) is 22.5. The summed E-state index contributed by atoms with van der Waals surface area (Å²) in [5, 5.41) is 17.2. The van der Waals surface area contributed by atoms with Crippen molar-refractivity contribution in [3.63, 3.8) is 0 Å². The first-order valence-corrected chi connectivity index (χ1v) is 10.5. The molecule has 158 valence electrons. The predicted octanol–water partition coefficient (Wildman–Crippen LogP) is 5.95. The van der Waals surface area contributed by atoms with E-state index in [4.69, 9.17) is 4.98 Å². The quantitative estimate of drug-likeness (QED) is 0.190. The van der Waals surface area contributed by atoms with Crippen LogP contribution in [-0.2, 0) is 0 Å². The molecule has 0 aliphatic rings. The van der Waals surface area contributed by atoms with Crippen molar-refractivity contribution in [3.8, 4) is 22.6 Å². The molecular weight excluding hydrogens is 470 g/mol. The van der Waals surface area contributed by atoms with Crippen LogP contribution in [0.15, 0.2) is 94.5 Å². The third kappa shape index (κ3) is 4.87. The molecule has 0 fully saturated rings. The van der Waals surface area contributed by atoms with Gasteiger partial charge in [0.1, 0.15) is 0 Å². The number of para-hydroxylation sites is 1. The summed E-state index contributed by atoms with van der Waals surface area (Å²) in [5.74, 6) is 1.12. The third-order valence-corrected chi connectivity index (χ3v) is 5.25. The van der Waals surface area contributed by atoms with E-state index in [0.717, 1.165) is 21.3 Å². The van der Waals surface area contributed by atoms with Crippen molar-refractivity contribution >= 4 is 33.6 Å². The molecule has 0 aliphatic heterocycles. The van der Waals surface area contributed by atoms with Gasteiger partial charge < -0.3 is 0 Å². The van der Waals surface area contributed by atoms with Crippen LogP contribution in [0, 0.1) is 10.1 Å². The molecule has 32 heavy (non-hydrogen) atoms. The number of nitrogens with zero attached hydrogens (tertiary/aromatic N) is 5. The van der Waals surface area contributed by atoms with Crippen LogP contribution >= 0.6 is 15.9 Å². The SMILES string of the molecule is CN(/N=C\c1ccccc1[N+](=O)[O-])c1cc(-c2ccccc2)nc(-c2ccc(Br)cc2)n1. The Morgan fingerprint density at radius 1 is 0.938 bits per heavy atom. The monoisotopic (exact) mass is 487 g/mol. The topological polar surface area (TPSA) is 84.5 Å². The summed E-state index contributed by atoms with van der Waals surface area (Å²) < 4.78 is 0.965. The highest BCUT2D eigenvalue weighted by atomic mass is 79.9. The van der Waals surface area contributed by atoms with Gasteiger partial charge in [-0.1, -0.05) is 70.5 Å². The molecule has 0 atom stereocenters. The van der Waals surface area contributed by atoms with E-state index in [0.29, 0.717) is 17.2 Å². The van der Waals surface area contributed by atoms with Crippen molar-refractivity contribution < 1.29 is 4.92 Å². The number of rotatable bonds is 6.